The van der Waals surface area contributed by atoms with Gasteiger partial charge < -0.3 is 0 Å². The van der Waals surface area contributed by atoms with Gasteiger partial charge in [0.05, 0.1) is 12.1 Å². The lowest BCUT2D eigenvalue weighted by atomic mass is 9.98. The molecule has 0 saturated heterocycles. The summed E-state index contributed by atoms with van der Waals surface area (Å²) in [6.07, 6.45) is 50.7. The Morgan fingerprint density at radius 1 is 0.304 bits per heavy atom. The summed E-state index contributed by atoms with van der Waals surface area (Å²) in [4.78, 5) is 30.2. The molecule has 0 radical (unpaired) electrons. The Labute approximate surface area is 288 Å². The lowest BCUT2D eigenvalue weighted by Gasteiger charge is -2.13. The van der Waals surface area contributed by atoms with Gasteiger partial charge in [-0.25, -0.2) is 19.6 Å². The summed E-state index contributed by atoms with van der Waals surface area (Å²) in [6, 6.07) is 0.228. The van der Waals surface area contributed by atoms with Gasteiger partial charge in [0.15, 0.2) is 0 Å². The molecule has 0 saturated carbocycles. The van der Waals surface area contributed by atoms with E-state index in [1.165, 1.54) is 180 Å². The number of unbranched alkanes of at least 4 members (excludes halogenated alkanes) is 29. The number of hydrogen-bond acceptors (Lipinski definition) is 4. The Morgan fingerprint density at radius 2 is 0.478 bits per heavy atom. The van der Waals surface area contributed by atoms with Crippen LogP contribution < -0.4 is 0 Å². The van der Waals surface area contributed by atoms with E-state index in [0.29, 0.717) is 0 Å². The maximum atomic E-state index is 11.0. The monoisotopic (exact) mass is 645 g/mol. The minimum absolute atomic E-state index is 0.114. The van der Waals surface area contributed by atoms with Crippen LogP contribution in [0.5, 0.6) is 0 Å². The van der Waals surface area contributed by atoms with Gasteiger partial charge in [-0.2, -0.15) is 0 Å². The molecule has 0 aliphatic carbocycles. The second-order valence-corrected chi connectivity index (χ2v) is 14.5. The van der Waals surface area contributed by atoms with Crippen molar-refractivity contribution in [3.63, 3.8) is 0 Å². The average molecular weight is 645 g/mol. The van der Waals surface area contributed by atoms with Gasteiger partial charge in [0.25, 0.3) is 0 Å². The van der Waals surface area contributed by atoms with Crippen molar-refractivity contribution >= 4 is 12.2 Å². The first-order chi connectivity index (χ1) is 22.8. The van der Waals surface area contributed by atoms with Gasteiger partial charge in [0.2, 0.25) is 12.2 Å². The molecular formula is C42H80N2O2. The first kappa shape index (κ1) is 44.8. The van der Waals surface area contributed by atoms with E-state index in [1.807, 2.05) is 12.2 Å². The van der Waals surface area contributed by atoms with Crippen molar-refractivity contribution in [2.45, 2.75) is 257 Å². The predicted molar refractivity (Wildman–Crippen MR) is 201 cm³/mol. The van der Waals surface area contributed by atoms with Crippen molar-refractivity contribution in [1.82, 2.24) is 0 Å². The molecule has 0 spiro atoms. The van der Waals surface area contributed by atoms with Crippen LogP contribution in [0.2, 0.25) is 0 Å². The molecule has 46 heavy (non-hydrogen) atoms. The summed E-state index contributed by atoms with van der Waals surface area (Å²) in [6.45, 7) is 4.57. The number of nitrogens with zero attached hydrogens (tertiary/aromatic N) is 2. The third-order valence-corrected chi connectivity index (χ3v) is 10.1. The number of hydrogen-bond donors (Lipinski definition) is 0. The van der Waals surface area contributed by atoms with Crippen molar-refractivity contribution in [3.8, 4) is 0 Å². The van der Waals surface area contributed by atoms with Crippen LogP contribution in [0.1, 0.15) is 245 Å². The zero-order valence-corrected chi connectivity index (χ0v) is 31.3. The standard InChI is InChI=1S/C42H80N2O2/c1-3-5-7-9-11-13-15-17-19-21-23-25-27-29-31-35-41(43-39-45)37-33-34-38-42(44-40-46)36-32-30-28-26-24-22-20-18-16-14-12-10-8-6-4-2/h41-42H,3-38H2,1-2H3. The maximum Gasteiger partial charge on any atom is 0.235 e. The molecule has 0 N–H and O–H groups in total. The number of rotatable bonds is 39. The van der Waals surface area contributed by atoms with E-state index in [4.69, 9.17) is 0 Å². The molecule has 0 amide bonds. The molecule has 270 valence electrons. The lowest BCUT2D eigenvalue weighted by Crippen LogP contribution is -2.07. The topological polar surface area (TPSA) is 58.9 Å². The average Bonchev–Trinajstić information content (AvgIpc) is 3.06. The fourth-order valence-corrected chi connectivity index (χ4v) is 6.96. The Bertz CT molecular complexity index is 625. The van der Waals surface area contributed by atoms with E-state index in [-0.39, 0.29) is 12.1 Å². The summed E-state index contributed by atoms with van der Waals surface area (Å²) < 4.78 is 0. The van der Waals surface area contributed by atoms with Crippen molar-refractivity contribution in [1.29, 1.82) is 0 Å². The van der Waals surface area contributed by atoms with Gasteiger partial charge in [-0.05, 0) is 25.7 Å². The molecule has 0 aromatic heterocycles. The zero-order valence-electron chi connectivity index (χ0n) is 31.3. The fourth-order valence-electron chi connectivity index (χ4n) is 6.96. The van der Waals surface area contributed by atoms with Crippen LogP contribution in [0.3, 0.4) is 0 Å². The molecule has 0 fully saturated rings. The fraction of sp³-hybridized carbons (Fsp3) is 0.952. The molecule has 0 heterocycles. The first-order valence-corrected chi connectivity index (χ1v) is 20.9. The number of aliphatic imine (C=N–C) groups is 2. The number of carbonyl (C=O) groups excluding carboxylic acids is 2. The van der Waals surface area contributed by atoms with Crippen molar-refractivity contribution in [3.05, 3.63) is 0 Å². The van der Waals surface area contributed by atoms with Crippen LogP contribution in [-0.2, 0) is 9.59 Å². The lowest BCUT2D eigenvalue weighted by molar-refractivity contribution is 0.454. The molecule has 0 aliphatic heterocycles. The molecule has 4 nitrogen and oxygen atoms in total. The minimum atomic E-state index is 0.114. The maximum absolute atomic E-state index is 11.0. The molecule has 2 atom stereocenters. The summed E-state index contributed by atoms with van der Waals surface area (Å²) in [7, 11) is 0. The molecule has 0 bridgehead atoms. The highest BCUT2D eigenvalue weighted by Crippen LogP contribution is 2.20. The number of isocyanates is 2. The van der Waals surface area contributed by atoms with Crippen LogP contribution in [-0.4, -0.2) is 24.2 Å². The largest absolute Gasteiger partial charge is 0.235 e. The predicted octanol–water partition coefficient (Wildman–Crippen LogP) is 14.5. The molecule has 0 aromatic rings. The second kappa shape index (κ2) is 39.9. The van der Waals surface area contributed by atoms with Gasteiger partial charge in [-0.1, -0.05) is 219 Å². The van der Waals surface area contributed by atoms with Gasteiger partial charge in [-0.3, -0.25) is 0 Å². The highest BCUT2D eigenvalue weighted by Gasteiger charge is 2.10. The van der Waals surface area contributed by atoms with Crippen LogP contribution in [0.25, 0.3) is 0 Å². The van der Waals surface area contributed by atoms with Gasteiger partial charge in [-0.15, -0.1) is 0 Å². The highest BCUT2D eigenvalue weighted by molar-refractivity contribution is 5.33. The molecule has 4 heteroatoms. The van der Waals surface area contributed by atoms with E-state index in [0.717, 1.165) is 51.4 Å². The molecule has 0 aromatic carbocycles. The van der Waals surface area contributed by atoms with E-state index < -0.39 is 0 Å². The van der Waals surface area contributed by atoms with Crippen molar-refractivity contribution < 1.29 is 9.59 Å². The Morgan fingerprint density at radius 3 is 0.674 bits per heavy atom. The molecule has 0 aliphatic rings. The Balaban J connectivity index is 3.69. The van der Waals surface area contributed by atoms with E-state index >= 15 is 0 Å². The quantitative estimate of drug-likeness (QED) is 0.0380. The summed E-state index contributed by atoms with van der Waals surface area (Å²) >= 11 is 0. The van der Waals surface area contributed by atoms with E-state index in [1.54, 1.807) is 0 Å². The second-order valence-electron chi connectivity index (χ2n) is 14.5. The Hall–Kier alpha value is -1.24. The molecule has 2 unspecified atom stereocenters. The van der Waals surface area contributed by atoms with Gasteiger partial charge in [0, 0.05) is 0 Å². The van der Waals surface area contributed by atoms with Crippen LogP contribution in [0.15, 0.2) is 9.98 Å². The smallest absolute Gasteiger partial charge is 0.211 e. The molecule has 0 rings (SSSR count). The van der Waals surface area contributed by atoms with Gasteiger partial charge >= 0.3 is 0 Å². The third kappa shape index (κ3) is 35.6. The zero-order chi connectivity index (χ0) is 33.4. The van der Waals surface area contributed by atoms with Crippen molar-refractivity contribution in [2.75, 3.05) is 0 Å². The first-order valence-electron chi connectivity index (χ1n) is 20.9. The minimum Gasteiger partial charge on any atom is -0.211 e. The highest BCUT2D eigenvalue weighted by atomic mass is 16.1. The van der Waals surface area contributed by atoms with Crippen molar-refractivity contribution in [2.24, 2.45) is 9.98 Å². The third-order valence-electron chi connectivity index (χ3n) is 10.1. The van der Waals surface area contributed by atoms with Crippen LogP contribution >= 0.6 is 0 Å². The Kier molecular flexibility index (Phi) is 38.9. The summed E-state index contributed by atoms with van der Waals surface area (Å²) in [5, 5.41) is 0. The summed E-state index contributed by atoms with van der Waals surface area (Å²) in [5.41, 5.74) is 0. The SMILES string of the molecule is CCCCCCCCCCCCCCCCCC(CCCCC(CCCCCCCCCCCCCCCCC)N=C=O)N=C=O. The van der Waals surface area contributed by atoms with E-state index in [9.17, 15) is 9.59 Å². The van der Waals surface area contributed by atoms with Gasteiger partial charge in [0.1, 0.15) is 0 Å². The molecular weight excluding hydrogens is 564 g/mol. The normalized spacial score (nSPS) is 12.5. The van der Waals surface area contributed by atoms with E-state index in [2.05, 4.69) is 23.8 Å². The van der Waals surface area contributed by atoms with Crippen LogP contribution in [0, 0.1) is 0 Å². The summed E-state index contributed by atoms with van der Waals surface area (Å²) in [5.74, 6) is 0. The van der Waals surface area contributed by atoms with Crippen LogP contribution in [0.4, 0.5) is 0 Å².